The highest BCUT2D eigenvalue weighted by Crippen LogP contribution is 2.07. The van der Waals surface area contributed by atoms with Gasteiger partial charge in [-0.2, -0.15) is 0 Å². The minimum atomic E-state index is 0. The van der Waals surface area contributed by atoms with Crippen molar-refractivity contribution >= 4 is 6.41 Å². The summed E-state index contributed by atoms with van der Waals surface area (Å²) in [5, 5.41) is 2.57. The van der Waals surface area contributed by atoms with Crippen LogP contribution in [0.4, 0.5) is 0 Å². The molecule has 0 bridgehead atoms. The van der Waals surface area contributed by atoms with Gasteiger partial charge in [-0.25, -0.2) is 0 Å². The lowest BCUT2D eigenvalue weighted by atomic mass is 10.2. The van der Waals surface area contributed by atoms with Gasteiger partial charge in [-0.1, -0.05) is 111 Å². The van der Waals surface area contributed by atoms with E-state index in [1.165, 1.54) is 52.1 Å². The maximum atomic E-state index is 9.60. The summed E-state index contributed by atoms with van der Waals surface area (Å²) < 4.78 is 10.1. The predicted octanol–water partition coefficient (Wildman–Crippen LogP) is 7.89. The first kappa shape index (κ1) is 60.6. The van der Waals surface area contributed by atoms with Crippen LogP contribution in [0.25, 0.3) is 0 Å². The number of nitrogens with two attached hydrogens (primary N) is 1. The van der Waals surface area contributed by atoms with Gasteiger partial charge >= 0.3 is 0 Å². The fraction of sp³-hybridized carbons (Fsp3) is 0.878. The van der Waals surface area contributed by atoms with Crippen LogP contribution in [-0.4, -0.2) is 132 Å². The topological polar surface area (TPSA) is 86.5 Å². The monoisotopic (exact) mass is 721 g/mol. The molecule has 308 valence electrons. The van der Waals surface area contributed by atoms with E-state index < -0.39 is 0 Å². The number of morpholine rings is 1. The molecule has 0 aliphatic carbocycles. The molecule has 9 heteroatoms. The van der Waals surface area contributed by atoms with Gasteiger partial charge in [-0.05, 0) is 63.8 Å². The van der Waals surface area contributed by atoms with Crippen molar-refractivity contribution in [1.82, 2.24) is 24.9 Å². The summed E-state index contributed by atoms with van der Waals surface area (Å²) in [7, 11) is 6.40. The van der Waals surface area contributed by atoms with Crippen molar-refractivity contribution in [1.29, 1.82) is 0 Å². The van der Waals surface area contributed by atoms with E-state index in [0.29, 0.717) is 17.8 Å². The van der Waals surface area contributed by atoms with Crippen LogP contribution >= 0.6 is 0 Å². The summed E-state index contributed by atoms with van der Waals surface area (Å²) >= 11 is 0. The predicted molar refractivity (Wildman–Crippen MR) is 228 cm³/mol. The van der Waals surface area contributed by atoms with Gasteiger partial charge in [0.1, 0.15) is 0 Å². The molecule has 0 aromatic rings. The van der Waals surface area contributed by atoms with Gasteiger partial charge in [0.25, 0.3) is 0 Å². The number of nitrogens with one attached hydrogen (secondary N) is 1. The molecule has 0 saturated carbocycles. The number of carbonyl (C=O) groups excluding carboxylic acids is 1. The highest BCUT2D eigenvalue weighted by atomic mass is 16.5. The largest absolute Gasteiger partial charge is 0.470 e. The molecule has 0 spiro atoms. The molecule has 0 aromatic carbocycles. The van der Waals surface area contributed by atoms with Crippen molar-refractivity contribution in [3.8, 4) is 0 Å². The zero-order valence-corrected chi connectivity index (χ0v) is 34.8. The second-order valence-electron chi connectivity index (χ2n) is 15.4. The molecule has 0 unspecified atom stereocenters. The molecule has 3 N–H and O–H groups in total. The number of rotatable bonds is 13. The summed E-state index contributed by atoms with van der Waals surface area (Å²) in [6.45, 7) is 47.3. The Bertz CT molecular complexity index is 687. The van der Waals surface area contributed by atoms with Gasteiger partial charge < -0.3 is 35.2 Å². The number of allylic oxidation sites excluding steroid dienone is 1. The van der Waals surface area contributed by atoms with Gasteiger partial charge in [0.15, 0.2) is 0 Å². The number of piperazine rings is 1. The number of likely N-dealkylation sites (N-methyl/N-ethyl adjacent to an activating group) is 1. The standard InChI is InChI=1S/C9H20N2.C8H17NO.C7H12O.C6H15N.C5H11NO.C4H11N.2CH4.H2/c1-9(2)8-11-6-4-10(3)5-7-11;1-8(2)7-9-3-5-10-6-4-9;1-5-8-7(4)6(2)3;1-6(2)5-7(3)4;1-5(2)3-6-4-7;1-4(2)3-5;;;/h9H,4-8H2,1-3H3;8H,3-7H2,1-2H3;5-6H,1,4H2,2-3H3;6H,5H2,1-4H3;4-5H,3H2,1-2H3,(H,6,7);4H,3,5H2,1-2H3;2*1H4;1H. The Balaban J connectivity index is -0.0000000916. The van der Waals surface area contributed by atoms with E-state index >= 15 is 0 Å². The molecule has 50 heavy (non-hydrogen) atoms. The van der Waals surface area contributed by atoms with E-state index in [-0.39, 0.29) is 16.3 Å². The van der Waals surface area contributed by atoms with E-state index in [4.69, 9.17) is 15.2 Å². The molecule has 1 amide bonds. The Morgan fingerprint density at radius 1 is 0.800 bits per heavy atom. The summed E-state index contributed by atoms with van der Waals surface area (Å²) in [5.41, 5.74) is 5.17. The fourth-order valence-electron chi connectivity index (χ4n) is 4.10. The van der Waals surface area contributed by atoms with Crippen LogP contribution in [0.5, 0.6) is 0 Å². The average molecular weight is 721 g/mol. The van der Waals surface area contributed by atoms with Crippen molar-refractivity contribution in [3.05, 3.63) is 25.2 Å². The Morgan fingerprint density at radius 2 is 1.22 bits per heavy atom. The third kappa shape index (κ3) is 55.9. The maximum absolute atomic E-state index is 9.60. The molecule has 2 aliphatic rings. The Labute approximate surface area is 317 Å². The van der Waals surface area contributed by atoms with Gasteiger partial charge in [0.05, 0.1) is 25.2 Å². The van der Waals surface area contributed by atoms with Crippen molar-refractivity contribution in [2.75, 3.05) is 106 Å². The minimum absolute atomic E-state index is 0. The average Bonchev–Trinajstić information content (AvgIpc) is 2.98. The van der Waals surface area contributed by atoms with E-state index in [1.807, 2.05) is 13.8 Å². The number of hydrogen-bond acceptors (Lipinski definition) is 8. The number of nitrogens with zero attached hydrogens (tertiary/aromatic N) is 4. The first-order valence-corrected chi connectivity index (χ1v) is 18.5. The van der Waals surface area contributed by atoms with E-state index in [2.05, 4.69) is 128 Å². The lowest BCUT2D eigenvalue weighted by molar-refractivity contribution is -0.109. The quantitative estimate of drug-likeness (QED) is 0.147. The summed E-state index contributed by atoms with van der Waals surface area (Å²) in [6, 6.07) is 0. The van der Waals surface area contributed by atoms with Crippen LogP contribution in [0, 0.1) is 35.5 Å². The lowest BCUT2D eigenvalue weighted by Crippen LogP contribution is -2.45. The molecule has 2 fully saturated rings. The third-order valence-corrected chi connectivity index (χ3v) is 6.64. The van der Waals surface area contributed by atoms with Gasteiger partial charge in [-0.3, -0.25) is 9.69 Å². The Hall–Kier alpha value is -1.49. The highest BCUT2D eigenvalue weighted by molar-refractivity contribution is 5.45. The van der Waals surface area contributed by atoms with E-state index in [1.54, 1.807) is 0 Å². The Kier molecular flexibility index (Phi) is 50.8. The maximum Gasteiger partial charge on any atom is 0.207 e. The number of amides is 1. The van der Waals surface area contributed by atoms with Crippen LogP contribution in [-0.2, 0) is 14.3 Å². The summed E-state index contributed by atoms with van der Waals surface area (Å²) in [5.74, 6) is 4.78. The fourth-order valence-corrected chi connectivity index (χ4v) is 4.10. The summed E-state index contributed by atoms with van der Waals surface area (Å²) in [4.78, 5) is 19.2. The number of hydrogen-bond donors (Lipinski definition) is 2. The summed E-state index contributed by atoms with van der Waals surface area (Å²) in [6.07, 6.45) is 2.11. The SMILES string of the molecule is C.C.C=COC(=C)C(C)C.CC(C)CN.CC(C)CN(C)C.CC(C)CN1CCN(C)CC1.CC(C)CN1CCOCC1.CC(C)CNC=O.[HH]. The van der Waals surface area contributed by atoms with E-state index in [0.717, 1.165) is 69.3 Å². The molecule has 2 saturated heterocycles. The molecule has 2 heterocycles. The molecule has 0 atom stereocenters. The van der Waals surface area contributed by atoms with Gasteiger partial charge in [-0.15, -0.1) is 0 Å². The van der Waals surface area contributed by atoms with Crippen LogP contribution < -0.4 is 11.1 Å². The molecular weight excluding hydrogens is 624 g/mol. The normalized spacial score (nSPS) is 14.6. The Morgan fingerprint density at radius 3 is 1.44 bits per heavy atom. The smallest absolute Gasteiger partial charge is 0.207 e. The number of carbonyl (C=O) groups is 1. The number of ether oxygens (including phenoxy) is 2. The molecule has 0 radical (unpaired) electrons. The van der Waals surface area contributed by atoms with Crippen LogP contribution in [0.1, 0.15) is 99.4 Å². The van der Waals surface area contributed by atoms with Gasteiger partial charge in [0.2, 0.25) is 6.41 Å². The van der Waals surface area contributed by atoms with Crippen LogP contribution in [0.3, 0.4) is 0 Å². The second kappa shape index (κ2) is 41.9. The van der Waals surface area contributed by atoms with Crippen LogP contribution in [0.15, 0.2) is 25.2 Å². The van der Waals surface area contributed by atoms with Crippen LogP contribution in [0.2, 0.25) is 0 Å². The zero-order valence-electron chi connectivity index (χ0n) is 34.8. The third-order valence-electron chi connectivity index (χ3n) is 6.64. The first-order valence-electron chi connectivity index (χ1n) is 18.5. The molecule has 2 aliphatic heterocycles. The van der Waals surface area contributed by atoms with E-state index in [9.17, 15) is 4.79 Å². The minimum Gasteiger partial charge on any atom is -0.470 e. The highest BCUT2D eigenvalue weighted by Gasteiger charge is 2.14. The van der Waals surface area contributed by atoms with Crippen molar-refractivity contribution in [3.63, 3.8) is 0 Å². The first-order chi connectivity index (χ1) is 22.3. The molecule has 2 rings (SSSR count). The lowest BCUT2D eigenvalue weighted by Gasteiger charge is -2.33. The second-order valence-corrected chi connectivity index (χ2v) is 15.4. The van der Waals surface area contributed by atoms with Crippen molar-refractivity contribution in [2.45, 2.75) is 97.9 Å². The zero-order chi connectivity index (χ0) is 38.1. The molecule has 0 aromatic heterocycles. The van der Waals surface area contributed by atoms with Crippen molar-refractivity contribution in [2.24, 2.45) is 41.2 Å². The molecule has 9 nitrogen and oxygen atoms in total. The van der Waals surface area contributed by atoms with Crippen molar-refractivity contribution < 1.29 is 15.7 Å². The van der Waals surface area contributed by atoms with Gasteiger partial charge in [0, 0.05) is 66.2 Å². The molecular formula is C41H96N6O3.